The molecule has 1 fully saturated rings. The molecule has 2 aromatic rings. The molecule has 1 saturated heterocycles. The topological polar surface area (TPSA) is 67.2 Å². The second kappa shape index (κ2) is 6.00. The van der Waals surface area contributed by atoms with Crippen LogP contribution in [-0.4, -0.2) is 42.1 Å². The van der Waals surface area contributed by atoms with Crippen LogP contribution in [0.2, 0.25) is 5.02 Å². The summed E-state index contributed by atoms with van der Waals surface area (Å²) >= 11 is 6.26. The van der Waals surface area contributed by atoms with Crippen LogP contribution in [-0.2, 0) is 17.1 Å². The van der Waals surface area contributed by atoms with E-state index in [4.69, 9.17) is 11.6 Å². The predicted octanol–water partition coefficient (Wildman–Crippen LogP) is 1.41. The highest BCUT2D eigenvalue weighted by molar-refractivity contribution is 7.89. The van der Waals surface area contributed by atoms with Gasteiger partial charge in [0.2, 0.25) is 10.0 Å². The van der Waals surface area contributed by atoms with Crippen molar-refractivity contribution in [2.45, 2.75) is 10.9 Å². The Morgan fingerprint density at radius 2 is 2.14 bits per heavy atom. The molecule has 1 aromatic carbocycles. The first kappa shape index (κ1) is 15.5. The van der Waals surface area contributed by atoms with Gasteiger partial charge in [0.1, 0.15) is 4.90 Å². The van der Waals surface area contributed by atoms with Gasteiger partial charge in [-0.15, -0.1) is 0 Å². The summed E-state index contributed by atoms with van der Waals surface area (Å²) in [7, 11) is -1.91. The molecule has 1 aliphatic rings. The predicted molar refractivity (Wildman–Crippen MR) is 84.2 cm³/mol. The van der Waals surface area contributed by atoms with Gasteiger partial charge in [-0.25, -0.2) is 8.42 Å². The minimum absolute atomic E-state index is 0.203. The molecule has 0 spiro atoms. The van der Waals surface area contributed by atoms with Crippen molar-refractivity contribution in [3.8, 4) is 0 Å². The highest BCUT2D eigenvalue weighted by atomic mass is 35.5. The number of sulfonamides is 1. The monoisotopic (exact) mass is 340 g/mol. The summed E-state index contributed by atoms with van der Waals surface area (Å²) in [5.41, 5.74) is 0.809. The molecule has 3 rings (SSSR count). The van der Waals surface area contributed by atoms with Gasteiger partial charge in [-0.1, -0.05) is 29.8 Å². The SMILES string of the molecule is Cn1cc(S(=O)(=O)N2CCNCC2c2ccccc2Cl)cn1. The second-order valence-electron chi connectivity index (χ2n) is 5.21. The molecule has 1 atom stereocenters. The van der Waals surface area contributed by atoms with E-state index in [9.17, 15) is 8.42 Å². The fourth-order valence-electron chi connectivity index (χ4n) is 2.65. The highest BCUT2D eigenvalue weighted by Crippen LogP contribution is 2.32. The normalized spacial score (nSPS) is 20.2. The Balaban J connectivity index is 2.02. The van der Waals surface area contributed by atoms with E-state index < -0.39 is 10.0 Å². The Bertz CT molecular complexity index is 775. The molecule has 0 amide bonds. The summed E-state index contributed by atoms with van der Waals surface area (Å²) in [6.07, 6.45) is 2.89. The number of nitrogens with one attached hydrogen (secondary N) is 1. The lowest BCUT2D eigenvalue weighted by Gasteiger charge is -2.35. The summed E-state index contributed by atoms with van der Waals surface area (Å²) in [4.78, 5) is 0.203. The summed E-state index contributed by atoms with van der Waals surface area (Å²) in [6.45, 7) is 1.54. The number of hydrogen-bond acceptors (Lipinski definition) is 4. The van der Waals surface area contributed by atoms with Crippen LogP contribution >= 0.6 is 11.6 Å². The van der Waals surface area contributed by atoms with Crippen LogP contribution in [0.3, 0.4) is 0 Å². The first-order valence-electron chi connectivity index (χ1n) is 6.96. The molecule has 0 bridgehead atoms. The number of hydrogen-bond donors (Lipinski definition) is 1. The minimum Gasteiger partial charge on any atom is -0.313 e. The third-order valence-corrected chi connectivity index (χ3v) is 5.95. The van der Waals surface area contributed by atoms with Crippen molar-refractivity contribution in [1.29, 1.82) is 0 Å². The molecular weight excluding hydrogens is 324 g/mol. The standard InChI is InChI=1S/C14H17ClN4O2S/c1-18-10-11(8-17-18)22(20,21)19-7-6-16-9-14(19)12-4-2-3-5-13(12)15/h2-5,8,10,14,16H,6-7,9H2,1H3. The van der Waals surface area contributed by atoms with Gasteiger partial charge in [0.05, 0.1) is 12.2 Å². The van der Waals surface area contributed by atoms with Gasteiger partial charge in [0.25, 0.3) is 0 Å². The summed E-state index contributed by atoms with van der Waals surface area (Å²) < 4.78 is 28.8. The third-order valence-electron chi connectivity index (χ3n) is 3.75. The van der Waals surface area contributed by atoms with E-state index in [1.165, 1.54) is 21.4 Å². The Morgan fingerprint density at radius 1 is 1.36 bits per heavy atom. The van der Waals surface area contributed by atoms with E-state index in [2.05, 4.69) is 10.4 Å². The van der Waals surface area contributed by atoms with Crippen molar-refractivity contribution in [2.24, 2.45) is 7.05 Å². The van der Waals surface area contributed by atoms with Crippen molar-refractivity contribution in [3.63, 3.8) is 0 Å². The lowest BCUT2D eigenvalue weighted by Crippen LogP contribution is -2.48. The number of piperazine rings is 1. The lowest BCUT2D eigenvalue weighted by molar-refractivity contribution is 0.271. The Labute approximate surface area is 134 Å². The van der Waals surface area contributed by atoms with E-state index in [0.29, 0.717) is 24.7 Å². The molecule has 118 valence electrons. The fourth-order valence-corrected chi connectivity index (χ4v) is 4.50. The van der Waals surface area contributed by atoms with Gasteiger partial charge in [0, 0.05) is 37.9 Å². The maximum atomic E-state index is 12.9. The maximum absolute atomic E-state index is 12.9. The largest absolute Gasteiger partial charge is 0.313 e. The summed E-state index contributed by atoms with van der Waals surface area (Å²) in [6, 6.07) is 7.02. The van der Waals surface area contributed by atoms with Crippen LogP contribution in [0.4, 0.5) is 0 Å². The van der Waals surface area contributed by atoms with E-state index in [0.717, 1.165) is 5.56 Å². The van der Waals surface area contributed by atoms with Gasteiger partial charge >= 0.3 is 0 Å². The average molecular weight is 341 g/mol. The summed E-state index contributed by atoms with van der Waals surface area (Å²) in [5.74, 6) is 0. The van der Waals surface area contributed by atoms with Crippen molar-refractivity contribution in [2.75, 3.05) is 19.6 Å². The number of benzene rings is 1. The molecular formula is C14H17ClN4O2S. The highest BCUT2D eigenvalue weighted by Gasteiger charge is 2.35. The Kier molecular flexibility index (Phi) is 4.22. The van der Waals surface area contributed by atoms with Gasteiger partial charge in [-0.3, -0.25) is 4.68 Å². The van der Waals surface area contributed by atoms with E-state index in [1.807, 2.05) is 18.2 Å². The van der Waals surface area contributed by atoms with Crippen LogP contribution in [0.15, 0.2) is 41.6 Å². The van der Waals surface area contributed by atoms with Crippen molar-refractivity contribution in [1.82, 2.24) is 19.4 Å². The van der Waals surface area contributed by atoms with Crippen LogP contribution in [0.25, 0.3) is 0 Å². The number of halogens is 1. The molecule has 8 heteroatoms. The van der Waals surface area contributed by atoms with Crippen LogP contribution < -0.4 is 5.32 Å². The number of rotatable bonds is 3. The Hall–Kier alpha value is -1.41. The first-order valence-corrected chi connectivity index (χ1v) is 8.77. The smallest absolute Gasteiger partial charge is 0.246 e. The fraction of sp³-hybridized carbons (Fsp3) is 0.357. The molecule has 1 aromatic heterocycles. The zero-order valence-corrected chi connectivity index (χ0v) is 13.7. The molecule has 1 aliphatic heterocycles. The lowest BCUT2D eigenvalue weighted by atomic mass is 10.1. The van der Waals surface area contributed by atoms with Gasteiger partial charge < -0.3 is 5.32 Å². The molecule has 0 saturated carbocycles. The molecule has 6 nitrogen and oxygen atoms in total. The molecule has 0 aliphatic carbocycles. The number of aryl methyl sites for hydroxylation is 1. The van der Waals surface area contributed by atoms with Gasteiger partial charge in [-0.05, 0) is 11.6 Å². The molecule has 1 N–H and O–H groups in total. The zero-order chi connectivity index (χ0) is 15.7. The Morgan fingerprint density at radius 3 is 2.82 bits per heavy atom. The van der Waals surface area contributed by atoms with Crippen LogP contribution in [0.1, 0.15) is 11.6 Å². The molecule has 22 heavy (non-hydrogen) atoms. The third kappa shape index (κ3) is 2.77. The first-order chi connectivity index (χ1) is 10.5. The quantitative estimate of drug-likeness (QED) is 0.917. The van der Waals surface area contributed by atoms with Crippen molar-refractivity contribution >= 4 is 21.6 Å². The number of aromatic nitrogens is 2. The van der Waals surface area contributed by atoms with E-state index in [-0.39, 0.29) is 10.9 Å². The van der Waals surface area contributed by atoms with Crippen molar-refractivity contribution in [3.05, 3.63) is 47.2 Å². The number of nitrogens with zero attached hydrogens (tertiary/aromatic N) is 3. The van der Waals surface area contributed by atoms with E-state index in [1.54, 1.807) is 13.1 Å². The van der Waals surface area contributed by atoms with Crippen molar-refractivity contribution < 1.29 is 8.42 Å². The average Bonchev–Trinajstić information content (AvgIpc) is 2.95. The molecule has 0 radical (unpaired) electrons. The maximum Gasteiger partial charge on any atom is 0.246 e. The van der Waals surface area contributed by atoms with Gasteiger partial charge in [-0.2, -0.15) is 9.40 Å². The zero-order valence-electron chi connectivity index (χ0n) is 12.1. The molecule has 1 unspecified atom stereocenters. The second-order valence-corrected chi connectivity index (χ2v) is 7.50. The van der Waals surface area contributed by atoms with Crippen LogP contribution in [0.5, 0.6) is 0 Å². The molecule has 2 heterocycles. The van der Waals surface area contributed by atoms with Gasteiger partial charge in [0.15, 0.2) is 0 Å². The van der Waals surface area contributed by atoms with Crippen LogP contribution in [0, 0.1) is 0 Å². The minimum atomic E-state index is -3.60. The van der Waals surface area contributed by atoms with E-state index >= 15 is 0 Å². The summed E-state index contributed by atoms with van der Waals surface area (Å²) in [5, 5.41) is 7.77.